The van der Waals surface area contributed by atoms with Gasteiger partial charge >= 0.3 is 6.18 Å². The molecule has 2 aromatic carbocycles. The van der Waals surface area contributed by atoms with Gasteiger partial charge in [-0.3, -0.25) is 14.2 Å². The van der Waals surface area contributed by atoms with E-state index in [1.54, 1.807) is 0 Å². The second kappa shape index (κ2) is 8.01. The quantitative estimate of drug-likeness (QED) is 0.438. The highest BCUT2D eigenvalue weighted by atomic mass is 19.4. The topological polar surface area (TPSA) is 90.0 Å². The standard InChI is InChI=1S/C22H13F5N4O2/c23-11-1-5-13(6-2-11)29-18-10-17(32)19-15(22(25,26)27)9-16(20(28)33)30-21(19)31(18)14-7-3-12(24)4-8-14/h1-10,29H,(H2,28,33). The van der Waals surface area contributed by atoms with Crippen molar-refractivity contribution in [3.63, 3.8) is 0 Å². The average molecular weight is 460 g/mol. The molecule has 1 amide bonds. The van der Waals surface area contributed by atoms with Crippen LogP contribution in [0.2, 0.25) is 0 Å². The van der Waals surface area contributed by atoms with Crippen LogP contribution in [0.4, 0.5) is 33.5 Å². The smallest absolute Gasteiger partial charge is 0.364 e. The molecule has 0 aliphatic heterocycles. The van der Waals surface area contributed by atoms with E-state index in [0.717, 1.165) is 34.9 Å². The number of pyridine rings is 2. The third kappa shape index (κ3) is 4.25. The minimum absolute atomic E-state index is 0.0621. The maximum atomic E-state index is 13.8. The number of hydrogen-bond donors (Lipinski definition) is 2. The molecule has 0 spiro atoms. The Kier molecular flexibility index (Phi) is 5.32. The van der Waals surface area contributed by atoms with Crippen molar-refractivity contribution >= 4 is 28.4 Å². The van der Waals surface area contributed by atoms with Crippen molar-refractivity contribution in [2.45, 2.75) is 6.18 Å². The number of amides is 1. The summed E-state index contributed by atoms with van der Waals surface area (Å²) in [4.78, 5) is 28.4. The van der Waals surface area contributed by atoms with E-state index in [2.05, 4.69) is 10.3 Å². The molecule has 0 atom stereocenters. The number of nitrogens with one attached hydrogen (secondary N) is 1. The number of rotatable bonds is 4. The van der Waals surface area contributed by atoms with Gasteiger partial charge < -0.3 is 11.1 Å². The van der Waals surface area contributed by atoms with Gasteiger partial charge in [-0.1, -0.05) is 0 Å². The number of hydrogen-bond acceptors (Lipinski definition) is 4. The van der Waals surface area contributed by atoms with Crippen LogP contribution in [-0.2, 0) is 6.18 Å². The molecular weight excluding hydrogens is 447 g/mol. The van der Waals surface area contributed by atoms with Gasteiger partial charge in [0.1, 0.15) is 23.1 Å². The Labute approximate surface area is 182 Å². The molecule has 2 aromatic heterocycles. The fourth-order valence-electron chi connectivity index (χ4n) is 3.29. The first-order chi connectivity index (χ1) is 15.5. The predicted molar refractivity (Wildman–Crippen MR) is 111 cm³/mol. The number of nitrogens with two attached hydrogens (primary N) is 1. The number of alkyl halides is 3. The number of halogens is 5. The molecule has 4 rings (SSSR count). The molecular formula is C22H13F5N4O2. The maximum Gasteiger partial charge on any atom is 0.417 e. The van der Waals surface area contributed by atoms with Gasteiger partial charge in [0.2, 0.25) is 0 Å². The van der Waals surface area contributed by atoms with Crippen LogP contribution in [0.1, 0.15) is 16.1 Å². The van der Waals surface area contributed by atoms with E-state index in [0.29, 0.717) is 11.8 Å². The van der Waals surface area contributed by atoms with Crippen LogP contribution in [0.3, 0.4) is 0 Å². The molecule has 4 aromatic rings. The van der Waals surface area contributed by atoms with E-state index in [4.69, 9.17) is 5.73 Å². The van der Waals surface area contributed by atoms with E-state index in [1.807, 2.05) is 0 Å². The summed E-state index contributed by atoms with van der Waals surface area (Å²) in [6.45, 7) is 0. The normalized spacial score (nSPS) is 11.5. The van der Waals surface area contributed by atoms with E-state index in [9.17, 15) is 31.5 Å². The second-order valence-corrected chi connectivity index (χ2v) is 6.95. The SMILES string of the molecule is NC(=O)c1cc(C(F)(F)F)c2c(=O)cc(Nc3ccc(F)cc3)n(-c3ccc(F)cc3)c2n1. The van der Waals surface area contributed by atoms with Crippen molar-refractivity contribution in [1.29, 1.82) is 0 Å². The summed E-state index contributed by atoms with van der Waals surface area (Å²) in [5.41, 5.74) is 1.94. The molecule has 33 heavy (non-hydrogen) atoms. The Morgan fingerprint density at radius 2 is 1.52 bits per heavy atom. The molecule has 0 radical (unpaired) electrons. The van der Waals surface area contributed by atoms with Gasteiger partial charge in [0, 0.05) is 17.4 Å². The summed E-state index contributed by atoms with van der Waals surface area (Å²) in [7, 11) is 0. The number of anilines is 2. The lowest BCUT2D eigenvalue weighted by Crippen LogP contribution is -2.22. The third-order valence-electron chi connectivity index (χ3n) is 4.73. The number of primary amides is 1. The highest BCUT2D eigenvalue weighted by Gasteiger charge is 2.36. The number of fused-ring (bicyclic) bond motifs is 1. The summed E-state index contributed by atoms with van der Waals surface area (Å²) < 4.78 is 69.3. The van der Waals surface area contributed by atoms with E-state index < -0.39 is 51.4 Å². The van der Waals surface area contributed by atoms with Crippen LogP contribution in [0.5, 0.6) is 0 Å². The molecule has 0 saturated heterocycles. The summed E-state index contributed by atoms with van der Waals surface area (Å²) in [5.74, 6) is -2.44. The van der Waals surface area contributed by atoms with Gasteiger partial charge in [-0.2, -0.15) is 13.2 Å². The average Bonchev–Trinajstić information content (AvgIpc) is 2.75. The third-order valence-corrected chi connectivity index (χ3v) is 4.73. The fraction of sp³-hybridized carbons (Fsp3) is 0.0455. The fourth-order valence-corrected chi connectivity index (χ4v) is 3.29. The van der Waals surface area contributed by atoms with Crippen LogP contribution in [0.25, 0.3) is 16.7 Å². The van der Waals surface area contributed by atoms with Crippen LogP contribution >= 0.6 is 0 Å². The monoisotopic (exact) mass is 460 g/mol. The van der Waals surface area contributed by atoms with Crippen molar-refractivity contribution in [3.05, 3.63) is 93.8 Å². The maximum absolute atomic E-state index is 13.8. The number of nitrogens with zero attached hydrogens (tertiary/aromatic N) is 2. The summed E-state index contributed by atoms with van der Waals surface area (Å²) in [6.07, 6.45) is -5.00. The minimum Gasteiger partial charge on any atom is -0.364 e. The van der Waals surface area contributed by atoms with Crippen LogP contribution in [0.15, 0.2) is 65.5 Å². The molecule has 0 unspecified atom stereocenters. The zero-order chi connectivity index (χ0) is 23.9. The largest absolute Gasteiger partial charge is 0.417 e. The lowest BCUT2D eigenvalue weighted by Gasteiger charge is -2.20. The predicted octanol–water partition coefficient (Wildman–Crippen LogP) is 4.53. The number of carbonyl (C=O) groups is 1. The molecule has 11 heteroatoms. The Hall–Kier alpha value is -4.28. The molecule has 0 bridgehead atoms. The van der Waals surface area contributed by atoms with Crippen molar-refractivity contribution in [1.82, 2.24) is 9.55 Å². The molecule has 2 heterocycles. The van der Waals surface area contributed by atoms with E-state index >= 15 is 0 Å². The Morgan fingerprint density at radius 1 is 0.939 bits per heavy atom. The summed E-state index contributed by atoms with van der Waals surface area (Å²) in [6, 6.07) is 10.9. The van der Waals surface area contributed by atoms with Gasteiger partial charge in [-0.05, 0) is 54.6 Å². The van der Waals surface area contributed by atoms with Gasteiger partial charge in [0.25, 0.3) is 5.91 Å². The molecule has 6 nitrogen and oxygen atoms in total. The molecule has 0 fully saturated rings. The van der Waals surface area contributed by atoms with Gasteiger partial charge in [0.15, 0.2) is 11.1 Å². The molecule has 168 valence electrons. The van der Waals surface area contributed by atoms with Crippen molar-refractivity contribution in [3.8, 4) is 5.69 Å². The molecule has 0 aliphatic rings. The molecule has 0 saturated carbocycles. The molecule has 3 N–H and O–H groups in total. The Balaban J connectivity index is 2.12. The van der Waals surface area contributed by atoms with Crippen molar-refractivity contribution < 1.29 is 26.7 Å². The Bertz CT molecular complexity index is 1430. The first-order valence-electron chi connectivity index (χ1n) is 9.31. The van der Waals surface area contributed by atoms with Gasteiger partial charge in [0.05, 0.1) is 10.9 Å². The lowest BCUT2D eigenvalue weighted by atomic mass is 10.1. The van der Waals surface area contributed by atoms with Gasteiger partial charge in [-0.15, -0.1) is 0 Å². The highest BCUT2D eigenvalue weighted by Crippen LogP contribution is 2.35. The van der Waals surface area contributed by atoms with Crippen LogP contribution < -0.4 is 16.5 Å². The van der Waals surface area contributed by atoms with Gasteiger partial charge in [-0.25, -0.2) is 13.8 Å². The minimum atomic E-state index is -5.00. The summed E-state index contributed by atoms with van der Waals surface area (Å²) in [5, 5.41) is 2.01. The zero-order valence-electron chi connectivity index (χ0n) is 16.5. The van der Waals surface area contributed by atoms with Crippen molar-refractivity contribution in [2.24, 2.45) is 5.73 Å². The van der Waals surface area contributed by atoms with Crippen molar-refractivity contribution in [2.75, 3.05) is 5.32 Å². The first kappa shape index (κ1) is 21.9. The number of carbonyl (C=O) groups excluding carboxylic acids is 1. The Morgan fingerprint density at radius 3 is 2.06 bits per heavy atom. The number of benzene rings is 2. The van der Waals surface area contributed by atoms with Crippen LogP contribution in [-0.4, -0.2) is 15.5 Å². The highest BCUT2D eigenvalue weighted by molar-refractivity contribution is 5.95. The van der Waals surface area contributed by atoms with Crippen LogP contribution in [0, 0.1) is 11.6 Å². The lowest BCUT2D eigenvalue weighted by molar-refractivity contribution is -0.136. The molecule has 0 aliphatic carbocycles. The first-order valence-corrected chi connectivity index (χ1v) is 9.31. The second-order valence-electron chi connectivity index (χ2n) is 6.95. The van der Waals surface area contributed by atoms with E-state index in [1.165, 1.54) is 24.3 Å². The number of aromatic nitrogens is 2. The zero-order valence-corrected chi connectivity index (χ0v) is 16.5. The van der Waals surface area contributed by atoms with E-state index in [-0.39, 0.29) is 11.5 Å². The summed E-state index contributed by atoms with van der Waals surface area (Å²) >= 11 is 0.